The quantitative estimate of drug-likeness (QED) is 0.705. The summed E-state index contributed by atoms with van der Waals surface area (Å²) >= 11 is 0. The van der Waals surface area contributed by atoms with Crippen LogP contribution >= 0.6 is 0 Å². The molecule has 0 heterocycles. The van der Waals surface area contributed by atoms with E-state index in [1.54, 1.807) is 0 Å². The van der Waals surface area contributed by atoms with Gasteiger partial charge in [-0.2, -0.15) is 0 Å². The van der Waals surface area contributed by atoms with Crippen LogP contribution in [0.15, 0.2) is 0 Å². The van der Waals surface area contributed by atoms with Crippen molar-refractivity contribution in [1.82, 2.24) is 0 Å². The van der Waals surface area contributed by atoms with Gasteiger partial charge in [0.15, 0.2) is 0 Å². The van der Waals surface area contributed by atoms with Gasteiger partial charge in [0.2, 0.25) is 0 Å². The highest BCUT2D eigenvalue weighted by Crippen LogP contribution is 2.37. The van der Waals surface area contributed by atoms with Gasteiger partial charge in [-0.1, -0.05) is 13.8 Å². The molecule has 1 rings (SSSR count). The fourth-order valence-electron chi connectivity index (χ4n) is 2.51. The first kappa shape index (κ1) is 12.6. The molecule has 1 aliphatic carbocycles. The van der Waals surface area contributed by atoms with Crippen LogP contribution in [0.2, 0.25) is 0 Å². The summed E-state index contributed by atoms with van der Waals surface area (Å²) in [5.41, 5.74) is -0.407. The van der Waals surface area contributed by atoms with E-state index in [1.165, 1.54) is 12.8 Å². The molecule has 86 valence electrons. The molecular formula is C14H24O. The van der Waals surface area contributed by atoms with E-state index >= 15 is 0 Å². The van der Waals surface area contributed by atoms with E-state index < -0.39 is 5.60 Å². The van der Waals surface area contributed by atoms with Crippen molar-refractivity contribution in [2.24, 2.45) is 11.8 Å². The average Bonchev–Trinajstić information content (AvgIpc) is 2.18. The van der Waals surface area contributed by atoms with Crippen molar-refractivity contribution in [3.63, 3.8) is 0 Å². The molecule has 0 aromatic carbocycles. The predicted molar refractivity (Wildman–Crippen MR) is 64.4 cm³/mol. The Morgan fingerprint density at radius 3 is 2.40 bits per heavy atom. The summed E-state index contributed by atoms with van der Waals surface area (Å²) in [6.45, 7) is 6.44. The van der Waals surface area contributed by atoms with Crippen molar-refractivity contribution in [1.29, 1.82) is 0 Å². The summed E-state index contributed by atoms with van der Waals surface area (Å²) in [7, 11) is 0. The van der Waals surface area contributed by atoms with Gasteiger partial charge in [-0.05, 0) is 50.9 Å². The Balaban J connectivity index is 2.36. The van der Waals surface area contributed by atoms with Crippen LogP contribution in [-0.4, -0.2) is 10.7 Å². The highest BCUT2D eigenvalue weighted by Gasteiger charge is 2.33. The van der Waals surface area contributed by atoms with Gasteiger partial charge in [-0.25, -0.2) is 0 Å². The summed E-state index contributed by atoms with van der Waals surface area (Å²) < 4.78 is 0. The van der Waals surface area contributed by atoms with Gasteiger partial charge in [0.25, 0.3) is 0 Å². The smallest absolute Gasteiger partial charge is 0.0657 e. The summed E-state index contributed by atoms with van der Waals surface area (Å²) in [6, 6.07) is 0. The molecule has 1 saturated carbocycles. The maximum absolute atomic E-state index is 10.3. The Hall–Kier alpha value is -0.480. The molecule has 0 radical (unpaired) electrons. The molecule has 0 amide bonds. The van der Waals surface area contributed by atoms with Crippen LogP contribution in [0.4, 0.5) is 0 Å². The molecule has 1 aliphatic rings. The van der Waals surface area contributed by atoms with Crippen LogP contribution in [0.5, 0.6) is 0 Å². The highest BCUT2D eigenvalue weighted by molar-refractivity contribution is 4.98. The Bertz CT molecular complexity index is 236. The molecule has 1 nitrogen and oxygen atoms in total. The molecule has 1 heteroatoms. The molecule has 1 N–H and O–H groups in total. The van der Waals surface area contributed by atoms with Gasteiger partial charge in [-0.3, -0.25) is 0 Å². The molecule has 0 aromatic heterocycles. The number of rotatable bonds is 3. The largest absolute Gasteiger partial charge is 0.390 e. The Labute approximate surface area is 94.3 Å². The first-order valence-electron chi connectivity index (χ1n) is 6.19. The lowest BCUT2D eigenvalue weighted by atomic mass is 9.73. The second kappa shape index (κ2) is 5.56. The zero-order chi connectivity index (χ0) is 11.3. The van der Waals surface area contributed by atoms with E-state index in [0.717, 1.165) is 37.5 Å². The molecular weight excluding hydrogens is 184 g/mol. The third kappa shape index (κ3) is 3.87. The molecule has 1 fully saturated rings. The Morgan fingerprint density at radius 1 is 1.33 bits per heavy atom. The minimum atomic E-state index is -0.407. The lowest BCUT2D eigenvalue weighted by molar-refractivity contribution is -0.0207. The van der Waals surface area contributed by atoms with E-state index in [0.29, 0.717) is 0 Å². The molecule has 0 unspecified atom stereocenters. The first-order chi connectivity index (χ1) is 7.07. The highest BCUT2D eigenvalue weighted by atomic mass is 16.3. The van der Waals surface area contributed by atoms with Crippen LogP contribution in [0.25, 0.3) is 0 Å². The van der Waals surface area contributed by atoms with Crippen LogP contribution in [-0.2, 0) is 0 Å². The molecule has 0 saturated heterocycles. The second-order valence-electron chi connectivity index (χ2n) is 5.23. The van der Waals surface area contributed by atoms with Gasteiger partial charge in [-0.15, -0.1) is 11.8 Å². The molecule has 0 spiro atoms. The lowest BCUT2D eigenvalue weighted by Crippen LogP contribution is -2.35. The van der Waals surface area contributed by atoms with Crippen molar-refractivity contribution < 1.29 is 5.11 Å². The van der Waals surface area contributed by atoms with Crippen LogP contribution < -0.4 is 0 Å². The van der Waals surface area contributed by atoms with E-state index in [9.17, 15) is 5.11 Å². The number of aliphatic hydroxyl groups is 1. The van der Waals surface area contributed by atoms with Crippen molar-refractivity contribution in [3.05, 3.63) is 0 Å². The minimum Gasteiger partial charge on any atom is -0.390 e. The maximum Gasteiger partial charge on any atom is 0.0657 e. The molecule has 0 aromatic rings. The zero-order valence-corrected chi connectivity index (χ0v) is 10.3. The molecule has 0 bridgehead atoms. The third-order valence-corrected chi connectivity index (χ3v) is 3.80. The van der Waals surface area contributed by atoms with Gasteiger partial charge in [0, 0.05) is 6.42 Å². The summed E-state index contributed by atoms with van der Waals surface area (Å²) in [4.78, 5) is 0. The number of hydrogen-bond acceptors (Lipinski definition) is 1. The monoisotopic (exact) mass is 208 g/mol. The Morgan fingerprint density at radius 2 is 1.93 bits per heavy atom. The SMILES string of the molecule is CC#CCCC1(O)CCC(C(C)C)CC1. The van der Waals surface area contributed by atoms with Crippen molar-refractivity contribution >= 4 is 0 Å². The summed E-state index contributed by atoms with van der Waals surface area (Å²) in [6.07, 6.45) is 6.03. The topological polar surface area (TPSA) is 20.2 Å². The number of hydrogen-bond donors (Lipinski definition) is 1. The van der Waals surface area contributed by atoms with Crippen molar-refractivity contribution in [2.75, 3.05) is 0 Å². The third-order valence-electron chi connectivity index (χ3n) is 3.80. The first-order valence-corrected chi connectivity index (χ1v) is 6.19. The summed E-state index contributed by atoms with van der Waals surface area (Å²) in [5, 5.41) is 10.3. The molecule has 0 aliphatic heterocycles. The standard InChI is InChI=1S/C14H24O/c1-4-5-6-9-14(15)10-7-13(8-11-14)12(2)3/h12-13,15H,6-11H2,1-3H3. The average molecular weight is 208 g/mol. The normalized spacial score (nSPS) is 31.1. The van der Waals surface area contributed by atoms with Crippen LogP contribution in [0.3, 0.4) is 0 Å². The van der Waals surface area contributed by atoms with E-state index in [-0.39, 0.29) is 0 Å². The van der Waals surface area contributed by atoms with E-state index in [4.69, 9.17) is 0 Å². The van der Waals surface area contributed by atoms with Crippen LogP contribution in [0, 0.1) is 23.7 Å². The second-order valence-corrected chi connectivity index (χ2v) is 5.23. The van der Waals surface area contributed by atoms with Gasteiger partial charge in [0.05, 0.1) is 5.60 Å². The van der Waals surface area contributed by atoms with Crippen molar-refractivity contribution in [3.8, 4) is 11.8 Å². The van der Waals surface area contributed by atoms with E-state index in [1.807, 2.05) is 6.92 Å². The zero-order valence-electron chi connectivity index (χ0n) is 10.3. The minimum absolute atomic E-state index is 0.407. The fraction of sp³-hybridized carbons (Fsp3) is 0.857. The van der Waals surface area contributed by atoms with Crippen molar-refractivity contribution in [2.45, 2.75) is 64.9 Å². The van der Waals surface area contributed by atoms with Crippen LogP contribution in [0.1, 0.15) is 59.3 Å². The van der Waals surface area contributed by atoms with Gasteiger partial charge >= 0.3 is 0 Å². The maximum atomic E-state index is 10.3. The fourth-order valence-corrected chi connectivity index (χ4v) is 2.51. The molecule has 0 atom stereocenters. The van der Waals surface area contributed by atoms with Gasteiger partial charge < -0.3 is 5.11 Å². The van der Waals surface area contributed by atoms with E-state index in [2.05, 4.69) is 25.7 Å². The lowest BCUT2D eigenvalue weighted by Gasteiger charge is -2.37. The predicted octanol–water partition coefficient (Wildman–Crippen LogP) is 3.37. The van der Waals surface area contributed by atoms with Gasteiger partial charge in [0.1, 0.15) is 0 Å². The molecule has 15 heavy (non-hydrogen) atoms. The Kier molecular flexibility index (Phi) is 4.67. The summed E-state index contributed by atoms with van der Waals surface area (Å²) in [5.74, 6) is 7.53.